The van der Waals surface area contributed by atoms with E-state index in [0.717, 1.165) is 39.0 Å². The number of aliphatic hydroxyl groups is 1. The average molecular weight is 256 g/mol. The van der Waals surface area contributed by atoms with Crippen LogP contribution in [0, 0.1) is 5.41 Å². The molecule has 0 aromatic carbocycles. The van der Waals surface area contributed by atoms with Gasteiger partial charge in [-0.05, 0) is 37.5 Å². The zero-order valence-corrected chi connectivity index (χ0v) is 11.2. The molecule has 1 heterocycles. The fourth-order valence-corrected chi connectivity index (χ4v) is 2.67. The number of likely N-dealkylation sites (tertiary alicyclic amines) is 1. The van der Waals surface area contributed by atoms with Crippen LogP contribution in [-0.2, 0) is 4.74 Å². The molecule has 2 rings (SSSR count). The van der Waals surface area contributed by atoms with Crippen molar-refractivity contribution in [2.75, 3.05) is 33.4 Å². The van der Waals surface area contributed by atoms with Crippen LogP contribution in [0.5, 0.6) is 0 Å². The van der Waals surface area contributed by atoms with E-state index in [0.29, 0.717) is 0 Å². The largest absolute Gasteiger partial charge is 0.394 e. The van der Waals surface area contributed by atoms with E-state index in [9.17, 15) is 9.90 Å². The van der Waals surface area contributed by atoms with E-state index in [1.165, 1.54) is 12.8 Å². The maximum Gasteiger partial charge on any atom is 0.317 e. The van der Waals surface area contributed by atoms with Crippen LogP contribution in [0.2, 0.25) is 0 Å². The van der Waals surface area contributed by atoms with Crippen molar-refractivity contribution in [1.29, 1.82) is 0 Å². The smallest absolute Gasteiger partial charge is 0.317 e. The Balaban J connectivity index is 1.74. The van der Waals surface area contributed by atoms with Crippen LogP contribution in [0.15, 0.2) is 0 Å². The topological polar surface area (TPSA) is 61.8 Å². The van der Waals surface area contributed by atoms with E-state index in [-0.39, 0.29) is 24.1 Å². The normalized spacial score (nSPS) is 25.2. The Labute approximate surface area is 108 Å². The molecule has 18 heavy (non-hydrogen) atoms. The first-order valence-corrected chi connectivity index (χ1v) is 6.85. The molecule has 1 aliphatic carbocycles. The Morgan fingerprint density at radius 1 is 1.56 bits per heavy atom. The van der Waals surface area contributed by atoms with E-state index in [2.05, 4.69) is 5.32 Å². The molecule has 0 spiro atoms. The molecule has 0 aromatic heterocycles. The predicted molar refractivity (Wildman–Crippen MR) is 68.4 cm³/mol. The molecule has 0 aromatic rings. The first-order chi connectivity index (χ1) is 8.71. The number of methoxy groups -OCH3 is 1. The van der Waals surface area contributed by atoms with Crippen molar-refractivity contribution in [3.8, 4) is 0 Å². The van der Waals surface area contributed by atoms with Gasteiger partial charge in [-0.25, -0.2) is 4.79 Å². The van der Waals surface area contributed by atoms with Crippen LogP contribution >= 0.6 is 0 Å². The molecule has 5 heteroatoms. The first-order valence-electron chi connectivity index (χ1n) is 6.85. The summed E-state index contributed by atoms with van der Waals surface area (Å²) in [6.07, 6.45) is 5.29. The fraction of sp³-hybridized carbons (Fsp3) is 0.923. The summed E-state index contributed by atoms with van der Waals surface area (Å²) in [6.45, 7) is 2.34. The van der Waals surface area contributed by atoms with Crippen molar-refractivity contribution in [2.24, 2.45) is 5.41 Å². The fourth-order valence-electron chi connectivity index (χ4n) is 2.67. The number of ether oxygens (including phenoxy) is 1. The van der Waals surface area contributed by atoms with Crippen molar-refractivity contribution < 1.29 is 14.6 Å². The molecule has 0 radical (unpaired) electrons. The minimum Gasteiger partial charge on any atom is -0.394 e. The quantitative estimate of drug-likeness (QED) is 0.744. The molecular weight excluding hydrogens is 232 g/mol. The number of carbonyl (C=O) groups excluding carboxylic acids is 1. The molecule has 0 bridgehead atoms. The molecule has 1 saturated heterocycles. The maximum absolute atomic E-state index is 12.0. The third-order valence-corrected chi connectivity index (χ3v) is 4.26. The van der Waals surface area contributed by atoms with E-state index in [1.807, 2.05) is 0 Å². The van der Waals surface area contributed by atoms with Gasteiger partial charge in [-0.3, -0.25) is 0 Å². The third kappa shape index (κ3) is 3.14. The number of nitrogens with one attached hydrogen (secondary N) is 1. The van der Waals surface area contributed by atoms with Crippen molar-refractivity contribution in [3.63, 3.8) is 0 Å². The Bertz CT molecular complexity index is 292. The lowest BCUT2D eigenvalue weighted by Gasteiger charge is -2.25. The van der Waals surface area contributed by atoms with Crippen LogP contribution < -0.4 is 5.32 Å². The molecule has 5 nitrogen and oxygen atoms in total. The van der Waals surface area contributed by atoms with Crippen LogP contribution in [-0.4, -0.2) is 55.5 Å². The Morgan fingerprint density at radius 2 is 2.33 bits per heavy atom. The molecule has 1 atom stereocenters. The number of aliphatic hydroxyl groups excluding tert-OH is 1. The lowest BCUT2D eigenvalue weighted by Crippen LogP contribution is -2.45. The molecule has 2 aliphatic rings. The summed E-state index contributed by atoms with van der Waals surface area (Å²) in [4.78, 5) is 13.8. The first kappa shape index (κ1) is 13.6. The van der Waals surface area contributed by atoms with Gasteiger partial charge < -0.3 is 20.1 Å². The zero-order valence-electron chi connectivity index (χ0n) is 11.2. The van der Waals surface area contributed by atoms with Gasteiger partial charge in [0.05, 0.1) is 12.6 Å². The van der Waals surface area contributed by atoms with E-state index in [4.69, 9.17) is 4.74 Å². The van der Waals surface area contributed by atoms with Gasteiger partial charge in [0.1, 0.15) is 0 Å². The highest BCUT2D eigenvalue weighted by molar-refractivity contribution is 5.75. The summed E-state index contributed by atoms with van der Waals surface area (Å²) < 4.78 is 5.10. The summed E-state index contributed by atoms with van der Waals surface area (Å²) in [5, 5.41) is 12.2. The van der Waals surface area contributed by atoms with Crippen molar-refractivity contribution in [1.82, 2.24) is 10.2 Å². The molecule has 1 saturated carbocycles. The monoisotopic (exact) mass is 256 g/mol. The number of hydrogen-bond donors (Lipinski definition) is 2. The SMILES string of the molecule is COCCC1(CNC(=O)N2CCCC2CO)CC1. The van der Waals surface area contributed by atoms with Crippen LogP contribution in [0.3, 0.4) is 0 Å². The number of carbonyl (C=O) groups is 1. The third-order valence-electron chi connectivity index (χ3n) is 4.26. The Kier molecular flexibility index (Phi) is 4.45. The molecule has 1 unspecified atom stereocenters. The van der Waals surface area contributed by atoms with Crippen LogP contribution in [0.25, 0.3) is 0 Å². The predicted octanol–water partition coefficient (Wildman–Crippen LogP) is 0.969. The number of rotatable bonds is 6. The second-order valence-corrected chi connectivity index (χ2v) is 5.57. The number of urea groups is 1. The molecule has 104 valence electrons. The highest BCUT2D eigenvalue weighted by Gasteiger charge is 2.42. The summed E-state index contributed by atoms with van der Waals surface area (Å²) in [5.74, 6) is 0. The lowest BCUT2D eigenvalue weighted by molar-refractivity contribution is 0.151. The van der Waals surface area contributed by atoms with Gasteiger partial charge in [-0.1, -0.05) is 0 Å². The summed E-state index contributed by atoms with van der Waals surface area (Å²) in [7, 11) is 1.71. The minimum atomic E-state index is -0.0183. The maximum atomic E-state index is 12.0. The van der Waals surface area contributed by atoms with E-state index >= 15 is 0 Å². The van der Waals surface area contributed by atoms with E-state index in [1.54, 1.807) is 12.0 Å². The Morgan fingerprint density at radius 3 is 2.94 bits per heavy atom. The van der Waals surface area contributed by atoms with Gasteiger partial charge in [0.15, 0.2) is 0 Å². The van der Waals surface area contributed by atoms with E-state index < -0.39 is 0 Å². The molecule has 2 amide bonds. The van der Waals surface area contributed by atoms with Crippen molar-refractivity contribution in [3.05, 3.63) is 0 Å². The van der Waals surface area contributed by atoms with Crippen LogP contribution in [0.1, 0.15) is 32.1 Å². The van der Waals surface area contributed by atoms with Crippen LogP contribution in [0.4, 0.5) is 4.79 Å². The molecule has 2 N–H and O–H groups in total. The summed E-state index contributed by atoms with van der Waals surface area (Å²) in [5.41, 5.74) is 0.278. The second kappa shape index (κ2) is 5.89. The molecule has 1 aliphatic heterocycles. The molecular formula is C13H24N2O3. The summed E-state index contributed by atoms with van der Waals surface area (Å²) >= 11 is 0. The van der Waals surface area contributed by atoms with Crippen molar-refractivity contribution >= 4 is 6.03 Å². The second-order valence-electron chi connectivity index (χ2n) is 5.57. The van der Waals surface area contributed by atoms with Gasteiger partial charge in [-0.15, -0.1) is 0 Å². The minimum absolute atomic E-state index is 0.0131. The van der Waals surface area contributed by atoms with Gasteiger partial charge in [0.2, 0.25) is 0 Å². The van der Waals surface area contributed by atoms with Crippen molar-refractivity contribution in [2.45, 2.75) is 38.1 Å². The van der Waals surface area contributed by atoms with Gasteiger partial charge in [-0.2, -0.15) is 0 Å². The Hall–Kier alpha value is -0.810. The average Bonchev–Trinajstić information content (AvgIpc) is 2.99. The zero-order chi connectivity index (χ0) is 13.0. The highest BCUT2D eigenvalue weighted by atomic mass is 16.5. The highest BCUT2D eigenvalue weighted by Crippen LogP contribution is 2.48. The number of hydrogen-bond acceptors (Lipinski definition) is 3. The van der Waals surface area contributed by atoms with Gasteiger partial charge in [0.25, 0.3) is 0 Å². The van der Waals surface area contributed by atoms with Gasteiger partial charge in [0, 0.05) is 26.8 Å². The number of amides is 2. The standard InChI is InChI=1S/C13H24N2O3/c1-18-8-6-13(4-5-13)10-14-12(17)15-7-2-3-11(15)9-16/h11,16H,2-10H2,1H3,(H,14,17). The number of nitrogens with zero attached hydrogens (tertiary/aromatic N) is 1. The molecule has 2 fully saturated rings. The lowest BCUT2D eigenvalue weighted by atomic mass is 10.0. The summed E-state index contributed by atoms with van der Waals surface area (Å²) in [6, 6.07) is -0.00521. The van der Waals surface area contributed by atoms with Gasteiger partial charge >= 0.3 is 6.03 Å².